The van der Waals surface area contributed by atoms with Gasteiger partial charge in [0, 0.05) is 12.5 Å². The van der Waals surface area contributed by atoms with Gasteiger partial charge in [-0.1, -0.05) is 36.4 Å². The van der Waals surface area contributed by atoms with E-state index in [2.05, 4.69) is 6.07 Å². The van der Waals surface area contributed by atoms with Gasteiger partial charge >= 0.3 is 0 Å². The Kier molecular flexibility index (Phi) is 6.15. The third-order valence-corrected chi connectivity index (χ3v) is 3.01. The van der Waals surface area contributed by atoms with Crippen molar-refractivity contribution in [1.29, 1.82) is 5.26 Å². The van der Waals surface area contributed by atoms with Gasteiger partial charge in [-0.2, -0.15) is 5.26 Å². The van der Waals surface area contributed by atoms with E-state index in [0.29, 0.717) is 19.6 Å². The zero-order chi connectivity index (χ0) is 14.8. The Morgan fingerprint density at radius 3 is 2.38 bits per heavy atom. The van der Waals surface area contributed by atoms with Gasteiger partial charge in [-0.05, 0) is 30.5 Å². The van der Waals surface area contributed by atoms with Crippen LogP contribution in [0.25, 0.3) is 0 Å². The molecular formula is C18H19NO2. The van der Waals surface area contributed by atoms with Crippen LogP contribution in [-0.4, -0.2) is 6.61 Å². The smallest absolute Gasteiger partial charge is 0.123 e. The van der Waals surface area contributed by atoms with Gasteiger partial charge < -0.3 is 9.47 Å². The fourth-order valence-corrected chi connectivity index (χ4v) is 1.89. The molecule has 0 fully saturated rings. The van der Waals surface area contributed by atoms with Crippen LogP contribution >= 0.6 is 0 Å². The molecule has 0 saturated carbocycles. The Morgan fingerprint density at radius 2 is 1.62 bits per heavy atom. The Balaban J connectivity index is 1.79. The van der Waals surface area contributed by atoms with E-state index in [0.717, 1.165) is 29.9 Å². The minimum absolute atomic E-state index is 0.548. The average Bonchev–Trinajstić information content (AvgIpc) is 2.54. The molecule has 2 aromatic rings. The molecule has 0 N–H and O–H groups in total. The Hall–Kier alpha value is -2.47. The molecule has 21 heavy (non-hydrogen) atoms. The summed E-state index contributed by atoms with van der Waals surface area (Å²) in [6, 6.07) is 19.9. The SMILES string of the molecule is N#CCCCCOc1cccc(OCc2ccccc2)c1. The number of nitrogens with zero attached hydrogens (tertiary/aromatic N) is 1. The zero-order valence-electron chi connectivity index (χ0n) is 12.0. The molecule has 0 aliphatic carbocycles. The standard InChI is InChI=1S/C18H19NO2/c19-12-5-2-6-13-20-17-10-7-11-18(14-17)21-15-16-8-3-1-4-9-16/h1,3-4,7-11,14H,2,5-6,13,15H2. The van der Waals surface area contributed by atoms with Gasteiger partial charge in [0.05, 0.1) is 12.7 Å². The minimum Gasteiger partial charge on any atom is -0.493 e. The molecule has 0 amide bonds. The summed E-state index contributed by atoms with van der Waals surface area (Å²) < 4.78 is 11.4. The van der Waals surface area contributed by atoms with Crippen LogP contribution in [0.4, 0.5) is 0 Å². The van der Waals surface area contributed by atoms with E-state index in [9.17, 15) is 0 Å². The van der Waals surface area contributed by atoms with Crippen LogP contribution < -0.4 is 9.47 Å². The highest BCUT2D eigenvalue weighted by atomic mass is 16.5. The molecule has 0 spiro atoms. The quantitative estimate of drug-likeness (QED) is 0.676. The first kappa shape index (κ1) is 14.9. The molecule has 3 nitrogen and oxygen atoms in total. The molecule has 3 heteroatoms. The summed E-state index contributed by atoms with van der Waals surface area (Å²) in [7, 11) is 0. The second-order valence-corrected chi connectivity index (χ2v) is 4.71. The summed E-state index contributed by atoms with van der Waals surface area (Å²) in [5, 5.41) is 8.46. The third-order valence-electron chi connectivity index (χ3n) is 3.01. The molecule has 0 aliphatic heterocycles. The third kappa shape index (κ3) is 5.58. The van der Waals surface area contributed by atoms with Crippen molar-refractivity contribution in [1.82, 2.24) is 0 Å². The number of unbranched alkanes of at least 4 members (excludes halogenated alkanes) is 2. The van der Waals surface area contributed by atoms with Crippen LogP contribution in [0.15, 0.2) is 54.6 Å². The lowest BCUT2D eigenvalue weighted by molar-refractivity contribution is 0.291. The Labute approximate surface area is 125 Å². The normalized spacial score (nSPS) is 9.86. The number of hydrogen-bond acceptors (Lipinski definition) is 3. The molecule has 0 atom stereocenters. The van der Waals surface area contributed by atoms with Crippen LogP contribution in [0.2, 0.25) is 0 Å². The van der Waals surface area contributed by atoms with Crippen molar-refractivity contribution in [2.75, 3.05) is 6.61 Å². The predicted molar refractivity (Wildman–Crippen MR) is 82.2 cm³/mol. The number of hydrogen-bond donors (Lipinski definition) is 0. The van der Waals surface area contributed by atoms with E-state index < -0.39 is 0 Å². The second-order valence-electron chi connectivity index (χ2n) is 4.71. The molecule has 108 valence electrons. The molecule has 0 aliphatic rings. The van der Waals surface area contributed by atoms with Crippen molar-refractivity contribution >= 4 is 0 Å². The van der Waals surface area contributed by atoms with Crippen molar-refractivity contribution in [3.63, 3.8) is 0 Å². The van der Waals surface area contributed by atoms with Crippen molar-refractivity contribution in [2.45, 2.75) is 25.9 Å². The summed E-state index contributed by atoms with van der Waals surface area (Å²) in [4.78, 5) is 0. The van der Waals surface area contributed by atoms with Gasteiger partial charge in [0.2, 0.25) is 0 Å². The molecule has 0 aromatic heterocycles. The Bertz CT molecular complexity index is 575. The number of ether oxygens (including phenoxy) is 2. The van der Waals surface area contributed by atoms with Gasteiger partial charge in [0.1, 0.15) is 18.1 Å². The minimum atomic E-state index is 0.548. The predicted octanol–water partition coefficient (Wildman–Crippen LogP) is 4.34. The van der Waals surface area contributed by atoms with Crippen LogP contribution in [0, 0.1) is 11.3 Å². The van der Waals surface area contributed by atoms with Gasteiger partial charge in [-0.25, -0.2) is 0 Å². The molecule has 0 unspecified atom stereocenters. The van der Waals surface area contributed by atoms with E-state index in [4.69, 9.17) is 14.7 Å². The highest BCUT2D eigenvalue weighted by Gasteiger charge is 1.99. The maximum Gasteiger partial charge on any atom is 0.123 e. The van der Waals surface area contributed by atoms with Gasteiger partial charge in [-0.15, -0.1) is 0 Å². The lowest BCUT2D eigenvalue weighted by Crippen LogP contribution is -1.98. The highest BCUT2D eigenvalue weighted by Crippen LogP contribution is 2.20. The molecule has 0 radical (unpaired) electrons. The average molecular weight is 281 g/mol. The molecular weight excluding hydrogens is 262 g/mol. The van der Waals surface area contributed by atoms with E-state index in [1.54, 1.807) is 0 Å². The van der Waals surface area contributed by atoms with Gasteiger partial charge in [0.25, 0.3) is 0 Å². The molecule has 2 aromatic carbocycles. The first-order chi connectivity index (χ1) is 10.4. The summed E-state index contributed by atoms with van der Waals surface area (Å²) in [6.07, 6.45) is 2.35. The van der Waals surface area contributed by atoms with Crippen molar-refractivity contribution in [2.24, 2.45) is 0 Å². The largest absolute Gasteiger partial charge is 0.493 e. The first-order valence-corrected chi connectivity index (χ1v) is 7.15. The van der Waals surface area contributed by atoms with Crippen molar-refractivity contribution < 1.29 is 9.47 Å². The van der Waals surface area contributed by atoms with Crippen LogP contribution in [0.3, 0.4) is 0 Å². The van der Waals surface area contributed by atoms with E-state index in [1.807, 2.05) is 54.6 Å². The van der Waals surface area contributed by atoms with Crippen molar-refractivity contribution in [3.05, 3.63) is 60.2 Å². The molecule has 0 bridgehead atoms. The van der Waals surface area contributed by atoms with Crippen LogP contribution in [0.1, 0.15) is 24.8 Å². The fraction of sp³-hybridized carbons (Fsp3) is 0.278. The summed E-state index contributed by atoms with van der Waals surface area (Å²) in [5.41, 5.74) is 1.14. The molecule has 0 saturated heterocycles. The van der Waals surface area contributed by atoms with Crippen molar-refractivity contribution in [3.8, 4) is 17.6 Å². The van der Waals surface area contributed by atoms with Gasteiger partial charge in [-0.3, -0.25) is 0 Å². The van der Waals surface area contributed by atoms with Gasteiger partial charge in [0.15, 0.2) is 0 Å². The van der Waals surface area contributed by atoms with E-state index >= 15 is 0 Å². The monoisotopic (exact) mass is 281 g/mol. The summed E-state index contributed by atoms with van der Waals surface area (Å²) >= 11 is 0. The first-order valence-electron chi connectivity index (χ1n) is 7.15. The number of nitriles is 1. The lowest BCUT2D eigenvalue weighted by atomic mass is 10.2. The zero-order valence-corrected chi connectivity index (χ0v) is 12.0. The second kappa shape index (κ2) is 8.65. The summed E-state index contributed by atoms with van der Waals surface area (Å²) in [6.45, 7) is 1.18. The number of benzene rings is 2. The highest BCUT2D eigenvalue weighted by molar-refractivity contribution is 5.33. The Morgan fingerprint density at radius 1 is 0.857 bits per heavy atom. The van der Waals surface area contributed by atoms with E-state index in [1.165, 1.54) is 0 Å². The number of rotatable bonds is 8. The fourth-order valence-electron chi connectivity index (χ4n) is 1.89. The maximum atomic E-state index is 8.46. The topological polar surface area (TPSA) is 42.2 Å². The molecule has 0 heterocycles. The van der Waals surface area contributed by atoms with Crippen LogP contribution in [0.5, 0.6) is 11.5 Å². The maximum absolute atomic E-state index is 8.46. The lowest BCUT2D eigenvalue weighted by Gasteiger charge is -2.09. The molecule has 2 rings (SSSR count). The van der Waals surface area contributed by atoms with E-state index in [-0.39, 0.29) is 0 Å². The van der Waals surface area contributed by atoms with Crippen LogP contribution in [-0.2, 0) is 6.61 Å². The summed E-state index contributed by atoms with van der Waals surface area (Å²) in [5.74, 6) is 1.60.